The minimum absolute atomic E-state index is 0.0943. The SMILES string of the molecule is CCC1c2ccsc2CCN1C(=O)c1cc(C)nn1C. The third-order valence-electron chi connectivity index (χ3n) is 3.96. The van der Waals surface area contributed by atoms with Crippen LogP contribution < -0.4 is 0 Å². The molecule has 0 aromatic carbocycles. The fourth-order valence-electron chi connectivity index (χ4n) is 3.04. The van der Waals surface area contributed by atoms with E-state index in [1.165, 1.54) is 10.4 Å². The molecular weight excluding hydrogens is 270 g/mol. The molecule has 106 valence electrons. The van der Waals surface area contributed by atoms with Crippen molar-refractivity contribution in [3.05, 3.63) is 39.3 Å². The predicted octanol–water partition coefficient (Wildman–Crippen LogP) is 2.94. The van der Waals surface area contributed by atoms with Crippen LogP contribution in [0.3, 0.4) is 0 Å². The highest BCUT2D eigenvalue weighted by molar-refractivity contribution is 7.10. The second-order valence-corrected chi connectivity index (χ2v) is 6.27. The molecule has 0 spiro atoms. The molecule has 0 saturated carbocycles. The fourth-order valence-corrected chi connectivity index (χ4v) is 3.97. The van der Waals surface area contributed by atoms with Crippen LogP contribution in [0.4, 0.5) is 0 Å². The zero-order valence-electron chi connectivity index (χ0n) is 12.1. The summed E-state index contributed by atoms with van der Waals surface area (Å²) < 4.78 is 1.69. The van der Waals surface area contributed by atoms with Crippen LogP contribution >= 0.6 is 11.3 Å². The largest absolute Gasteiger partial charge is 0.330 e. The third kappa shape index (κ3) is 2.06. The Labute approximate surface area is 123 Å². The lowest BCUT2D eigenvalue weighted by atomic mass is 9.97. The number of aryl methyl sites for hydroxylation is 2. The Kier molecular flexibility index (Phi) is 3.38. The van der Waals surface area contributed by atoms with Gasteiger partial charge in [0.25, 0.3) is 5.91 Å². The summed E-state index contributed by atoms with van der Waals surface area (Å²) in [5, 5.41) is 6.42. The van der Waals surface area contributed by atoms with Gasteiger partial charge in [-0.05, 0) is 42.8 Å². The van der Waals surface area contributed by atoms with E-state index >= 15 is 0 Å². The van der Waals surface area contributed by atoms with Crippen LogP contribution in [0.2, 0.25) is 0 Å². The van der Waals surface area contributed by atoms with Crippen molar-refractivity contribution in [2.24, 2.45) is 7.05 Å². The number of fused-ring (bicyclic) bond motifs is 1. The Hall–Kier alpha value is -1.62. The monoisotopic (exact) mass is 289 g/mol. The maximum Gasteiger partial charge on any atom is 0.272 e. The van der Waals surface area contributed by atoms with E-state index in [0.717, 1.165) is 25.1 Å². The van der Waals surface area contributed by atoms with Crippen molar-refractivity contribution in [1.82, 2.24) is 14.7 Å². The molecule has 1 amide bonds. The lowest BCUT2D eigenvalue weighted by molar-refractivity contribution is 0.0646. The molecule has 0 N–H and O–H groups in total. The molecule has 0 radical (unpaired) electrons. The van der Waals surface area contributed by atoms with Gasteiger partial charge < -0.3 is 4.90 Å². The van der Waals surface area contributed by atoms with E-state index in [9.17, 15) is 4.79 Å². The first kappa shape index (κ1) is 13.4. The zero-order valence-corrected chi connectivity index (χ0v) is 12.9. The van der Waals surface area contributed by atoms with E-state index in [2.05, 4.69) is 23.5 Å². The van der Waals surface area contributed by atoms with Gasteiger partial charge in [0.05, 0.1) is 11.7 Å². The van der Waals surface area contributed by atoms with Crippen molar-refractivity contribution in [1.29, 1.82) is 0 Å². The quantitative estimate of drug-likeness (QED) is 0.852. The molecule has 0 fully saturated rings. The van der Waals surface area contributed by atoms with Crippen LogP contribution in [0.15, 0.2) is 17.5 Å². The molecule has 2 aromatic rings. The summed E-state index contributed by atoms with van der Waals surface area (Å²) in [6.07, 6.45) is 1.92. The number of aromatic nitrogens is 2. The van der Waals surface area contributed by atoms with Crippen LogP contribution in [0, 0.1) is 6.92 Å². The molecular formula is C15H19N3OS. The number of nitrogens with zero attached hydrogens (tertiary/aromatic N) is 3. The van der Waals surface area contributed by atoms with Crippen LogP contribution in [0.5, 0.6) is 0 Å². The highest BCUT2D eigenvalue weighted by atomic mass is 32.1. The van der Waals surface area contributed by atoms with Gasteiger partial charge in [0.15, 0.2) is 0 Å². The summed E-state index contributed by atoms with van der Waals surface area (Å²) in [5.74, 6) is 0.0943. The topological polar surface area (TPSA) is 38.1 Å². The molecule has 0 saturated heterocycles. The fraction of sp³-hybridized carbons (Fsp3) is 0.467. The first-order valence-electron chi connectivity index (χ1n) is 6.99. The number of hydrogen-bond donors (Lipinski definition) is 0. The van der Waals surface area contributed by atoms with Crippen molar-refractivity contribution < 1.29 is 4.79 Å². The van der Waals surface area contributed by atoms with Gasteiger partial charge in [-0.3, -0.25) is 9.48 Å². The summed E-state index contributed by atoms with van der Waals surface area (Å²) in [7, 11) is 1.83. The molecule has 0 bridgehead atoms. The van der Waals surface area contributed by atoms with Crippen molar-refractivity contribution >= 4 is 17.2 Å². The van der Waals surface area contributed by atoms with E-state index < -0.39 is 0 Å². The molecule has 2 aromatic heterocycles. The van der Waals surface area contributed by atoms with Crippen LogP contribution in [0.25, 0.3) is 0 Å². The Balaban J connectivity index is 1.94. The summed E-state index contributed by atoms with van der Waals surface area (Å²) in [6.45, 7) is 4.86. The number of amides is 1. The minimum atomic E-state index is 0.0943. The van der Waals surface area contributed by atoms with Crippen molar-refractivity contribution in [2.75, 3.05) is 6.54 Å². The Bertz CT molecular complexity index is 643. The lowest BCUT2D eigenvalue weighted by Crippen LogP contribution is -2.40. The van der Waals surface area contributed by atoms with Gasteiger partial charge in [-0.1, -0.05) is 6.92 Å². The molecule has 4 nitrogen and oxygen atoms in total. The van der Waals surface area contributed by atoms with Crippen molar-refractivity contribution in [2.45, 2.75) is 32.7 Å². The van der Waals surface area contributed by atoms with Crippen molar-refractivity contribution in [3.8, 4) is 0 Å². The highest BCUT2D eigenvalue weighted by Crippen LogP contribution is 2.35. The number of carbonyl (C=O) groups excluding carboxylic acids is 1. The van der Waals surface area contributed by atoms with Crippen molar-refractivity contribution in [3.63, 3.8) is 0 Å². The van der Waals surface area contributed by atoms with E-state index in [1.807, 2.05) is 24.9 Å². The Morgan fingerprint density at radius 2 is 2.35 bits per heavy atom. The summed E-state index contributed by atoms with van der Waals surface area (Å²) >= 11 is 1.81. The molecule has 1 aliphatic heterocycles. The molecule has 3 rings (SSSR count). The third-order valence-corrected chi connectivity index (χ3v) is 4.96. The summed E-state index contributed by atoms with van der Waals surface area (Å²) in [5.41, 5.74) is 2.90. The number of thiophene rings is 1. The smallest absolute Gasteiger partial charge is 0.272 e. The lowest BCUT2D eigenvalue weighted by Gasteiger charge is -2.35. The average molecular weight is 289 g/mol. The molecule has 1 unspecified atom stereocenters. The zero-order chi connectivity index (χ0) is 14.3. The van der Waals surface area contributed by atoms with Crippen LogP contribution in [-0.2, 0) is 13.5 Å². The molecule has 3 heterocycles. The van der Waals surface area contributed by atoms with Gasteiger partial charge in [0.1, 0.15) is 5.69 Å². The maximum absolute atomic E-state index is 12.8. The average Bonchev–Trinajstić information content (AvgIpc) is 3.02. The summed E-state index contributed by atoms with van der Waals surface area (Å²) in [6, 6.07) is 4.24. The number of rotatable bonds is 2. The van der Waals surface area contributed by atoms with Gasteiger partial charge in [0.2, 0.25) is 0 Å². The first-order chi connectivity index (χ1) is 9.61. The molecule has 0 aliphatic carbocycles. The normalized spacial score (nSPS) is 18.1. The molecule has 5 heteroatoms. The van der Waals surface area contributed by atoms with E-state index in [-0.39, 0.29) is 11.9 Å². The second kappa shape index (κ2) is 5.05. The van der Waals surface area contributed by atoms with Gasteiger partial charge in [-0.15, -0.1) is 11.3 Å². The standard InChI is InChI=1S/C15H19N3OS/c1-4-12-11-6-8-20-14(11)5-7-18(12)15(19)13-9-10(2)16-17(13)3/h6,8-9,12H,4-5,7H2,1-3H3. The Morgan fingerprint density at radius 3 is 3.00 bits per heavy atom. The number of carbonyl (C=O) groups is 1. The van der Waals surface area contributed by atoms with Crippen LogP contribution in [0.1, 0.15) is 46.0 Å². The van der Waals surface area contributed by atoms with Gasteiger partial charge in [-0.2, -0.15) is 5.10 Å². The first-order valence-corrected chi connectivity index (χ1v) is 7.87. The van der Waals surface area contributed by atoms with Gasteiger partial charge in [0, 0.05) is 18.5 Å². The van der Waals surface area contributed by atoms with E-state index in [0.29, 0.717) is 5.69 Å². The molecule has 20 heavy (non-hydrogen) atoms. The molecule has 1 atom stereocenters. The Morgan fingerprint density at radius 1 is 1.55 bits per heavy atom. The predicted molar refractivity (Wildman–Crippen MR) is 80.0 cm³/mol. The van der Waals surface area contributed by atoms with Gasteiger partial charge in [-0.25, -0.2) is 0 Å². The highest BCUT2D eigenvalue weighted by Gasteiger charge is 2.32. The van der Waals surface area contributed by atoms with E-state index in [1.54, 1.807) is 16.0 Å². The van der Waals surface area contributed by atoms with Crippen LogP contribution in [-0.4, -0.2) is 27.1 Å². The number of hydrogen-bond acceptors (Lipinski definition) is 3. The minimum Gasteiger partial charge on any atom is -0.330 e. The summed E-state index contributed by atoms with van der Waals surface area (Å²) in [4.78, 5) is 16.2. The second-order valence-electron chi connectivity index (χ2n) is 5.27. The molecule has 1 aliphatic rings. The maximum atomic E-state index is 12.8. The van der Waals surface area contributed by atoms with Gasteiger partial charge >= 0.3 is 0 Å². The van der Waals surface area contributed by atoms with E-state index in [4.69, 9.17) is 0 Å².